The molecule has 1 amide bonds. The number of amides is 1. The number of nitrogens with one attached hydrogen (secondary N) is 1. The van der Waals surface area contributed by atoms with Gasteiger partial charge in [-0.25, -0.2) is 4.39 Å². The standard InChI is InChI=1S/C27H22FN3OS/c1-2-18-10-8-13-22-20(17-30(25(18)22)16-19-9-6-7-14-23(19)28)15-24-26(32)31(27(33)29-24)21-11-4-3-5-12-21/h3-15,17H,2,16H2,1H3,(H,29,33)/b24-15-. The number of carbonyl (C=O) groups is 1. The van der Waals surface area contributed by atoms with E-state index in [1.807, 2.05) is 60.8 Å². The molecule has 0 spiro atoms. The van der Waals surface area contributed by atoms with Gasteiger partial charge in [-0.2, -0.15) is 0 Å². The number of aromatic nitrogens is 1. The molecule has 1 aliphatic rings. The first-order valence-electron chi connectivity index (χ1n) is 10.8. The second-order valence-electron chi connectivity index (χ2n) is 7.93. The van der Waals surface area contributed by atoms with Crippen molar-refractivity contribution in [3.8, 4) is 0 Å². The summed E-state index contributed by atoms with van der Waals surface area (Å²) in [4.78, 5) is 14.7. The maximum Gasteiger partial charge on any atom is 0.281 e. The highest BCUT2D eigenvalue weighted by Crippen LogP contribution is 2.30. The minimum Gasteiger partial charge on any atom is -0.342 e. The number of anilines is 1. The second-order valence-corrected chi connectivity index (χ2v) is 8.32. The number of nitrogens with zero attached hydrogens (tertiary/aromatic N) is 2. The van der Waals surface area contributed by atoms with Crippen LogP contribution in [0.25, 0.3) is 17.0 Å². The number of halogens is 1. The molecule has 1 N–H and O–H groups in total. The van der Waals surface area contributed by atoms with Crippen LogP contribution in [0.2, 0.25) is 0 Å². The lowest BCUT2D eigenvalue weighted by Gasteiger charge is -2.13. The zero-order chi connectivity index (χ0) is 22.9. The van der Waals surface area contributed by atoms with Gasteiger partial charge in [-0.05, 0) is 48.5 Å². The summed E-state index contributed by atoms with van der Waals surface area (Å²) in [6, 6.07) is 22.3. The molecule has 0 aliphatic carbocycles. The Bertz CT molecular complexity index is 1410. The molecule has 0 saturated carbocycles. The van der Waals surface area contributed by atoms with Gasteiger partial charge in [0.15, 0.2) is 5.11 Å². The minimum atomic E-state index is -0.232. The Morgan fingerprint density at radius 2 is 1.70 bits per heavy atom. The Labute approximate surface area is 197 Å². The van der Waals surface area contributed by atoms with Crippen molar-refractivity contribution in [2.45, 2.75) is 19.9 Å². The maximum absolute atomic E-state index is 14.4. The first-order valence-corrected chi connectivity index (χ1v) is 11.2. The molecule has 6 heteroatoms. The molecule has 2 heterocycles. The number of thiocarbonyl (C=S) groups is 1. The van der Waals surface area contributed by atoms with E-state index in [0.29, 0.717) is 22.9 Å². The van der Waals surface area contributed by atoms with Crippen LogP contribution in [0.15, 0.2) is 84.7 Å². The van der Waals surface area contributed by atoms with Gasteiger partial charge in [-0.3, -0.25) is 9.69 Å². The summed E-state index contributed by atoms with van der Waals surface area (Å²) in [7, 11) is 0. The molecule has 0 unspecified atom stereocenters. The number of aryl methyl sites for hydroxylation is 1. The quantitative estimate of drug-likeness (QED) is 0.312. The summed E-state index contributed by atoms with van der Waals surface area (Å²) in [6.45, 7) is 2.50. The summed E-state index contributed by atoms with van der Waals surface area (Å²) < 4.78 is 16.5. The number of hydrogen-bond acceptors (Lipinski definition) is 2. The van der Waals surface area contributed by atoms with Gasteiger partial charge in [0.25, 0.3) is 5.91 Å². The molecule has 1 aliphatic heterocycles. The second kappa shape index (κ2) is 8.64. The monoisotopic (exact) mass is 455 g/mol. The summed E-state index contributed by atoms with van der Waals surface area (Å²) in [6.07, 6.45) is 4.65. The third-order valence-corrected chi connectivity index (χ3v) is 6.17. The molecule has 164 valence electrons. The van der Waals surface area contributed by atoms with Gasteiger partial charge in [0, 0.05) is 22.7 Å². The van der Waals surface area contributed by atoms with E-state index in [1.165, 1.54) is 16.5 Å². The first kappa shape index (κ1) is 21.1. The Hall–Kier alpha value is -3.77. The van der Waals surface area contributed by atoms with Gasteiger partial charge >= 0.3 is 0 Å². The molecule has 33 heavy (non-hydrogen) atoms. The number of fused-ring (bicyclic) bond motifs is 1. The van der Waals surface area contributed by atoms with E-state index in [1.54, 1.807) is 12.1 Å². The van der Waals surface area contributed by atoms with Gasteiger partial charge in [0.1, 0.15) is 11.5 Å². The van der Waals surface area contributed by atoms with E-state index in [2.05, 4.69) is 22.9 Å². The Morgan fingerprint density at radius 3 is 2.45 bits per heavy atom. The molecule has 1 aromatic heterocycles. The molecule has 1 fully saturated rings. The van der Waals surface area contributed by atoms with Crippen molar-refractivity contribution in [3.05, 3.63) is 107 Å². The normalized spacial score (nSPS) is 15.0. The van der Waals surface area contributed by atoms with Crippen molar-refractivity contribution in [2.24, 2.45) is 0 Å². The van der Waals surface area contributed by atoms with E-state index >= 15 is 0 Å². The van der Waals surface area contributed by atoms with Crippen LogP contribution in [-0.4, -0.2) is 15.6 Å². The number of carbonyl (C=O) groups excluding carboxylic acids is 1. The van der Waals surface area contributed by atoms with Gasteiger partial charge in [0.05, 0.1) is 17.7 Å². The molecule has 0 radical (unpaired) electrons. The third kappa shape index (κ3) is 3.83. The molecular formula is C27H22FN3OS. The fraction of sp³-hybridized carbons (Fsp3) is 0.111. The average Bonchev–Trinajstić information content (AvgIpc) is 3.32. The minimum absolute atomic E-state index is 0.201. The largest absolute Gasteiger partial charge is 0.342 e. The lowest BCUT2D eigenvalue weighted by atomic mass is 10.1. The van der Waals surface area contributed by atoms with Crippen LogP contribution in [0.1, 0.15) is 23.6 Å². The Kier molecular flexibility index (Phi) is 5.52. The van der Waals surface area contributed by atoms with E-state index in [0.717, 1.165) is 28.6 Å². The fourth-order valence-electron chi connectivity index (χ4n) is 4.30. The summed E-state index contributed by atoms with van der Waals surface area (Å²) in [5, 5.41) is 4.42. The molecule has 1 saturated heterocycles. The SMILES string of the molecule is CCc1cccc2c(/C=C3\NC(=S)N(c4ccccc4)C3=O)cn(Cc3ccccc3F)c12. The average molecular weight is 456 g/mol. The van der Waals surface area contributed by atoms with E-state index in [4.69, 9.17) is 12.2 Å². The number of benzene rings is 3. The maximum atomic E-state index is 14.4. The zero-order valence-electron chi connectivity index (χ0n) is 18.1. The fourth-order valence-corrected chi connectivity index (χ4v) is 4.60. The van der Waals surface area contributed by atoms with Crippen molar-refractivity contribution >= 4 is 45.9 Å². The summed E-state index contributed by atoms with van der Waals surface area (Å²) >= 11 is 5.44. The summed E-state index contributed by atoms with van der Waals surface area (Å²) in [5.41, 5.74) is 4.84. The predicted molar refractivity (Wildman–Crippen MR) is 134 cm³/mol. The highest BCUT2D eigenvalue weighted by molar-refractivity contribution is 7.80. The van der Waals surface area contributed by atoms with Crippen molar-refractivity contribution < 1.29 is 9.18 Å². The first-order chi connectivity index (χ1) is 16.1. The van der Waals surface area contributed by atoms with Crippen LogP contribution in [0, 0.1) is 5.82 Å². The topological polar surface area (TPSA) is 37.3 Å². The Morgan fingerprint density at radius 1 is 0.970 bits per heavy atom. The smallest absolute Gasteiger partial charge is 0.281 e. The highest BCUT2D eigenvalue weighted by atomic mass is 32.1. The van der Waals surface area contributed by atoms with Crippen LogP contribution in [-0.2, 0) is 17.8 Å². The molecule has 3 aromatic carbocycles. The van der Waals surface area contributed by atoms with Crippen LogP contribution in [0.4, 0.5) is 10.1 Å². The lowest BCUT2D eigenvalue weighted by Crippen LogP contribution is -2.30. The molecule has 4 nitrogen and oxygen atoms in total. The van der Waals surface area contributed by atoms with Gasteiger partial charge < -0.3 is 9.88 Å². The van der Waals surface area contributed by atoms with Crippen LogP contribution in [0.5, 0.6) is 0 Å². The number of hydrogen-bond donors (Lipinski definition) is 1. The Balaban J connectivity index is 1.59. The van der Waals surface area contributed by atoms with Gasteiger partial charge in [0.2, 0.25) is 0 Å². The molecular weight excluding hydrogens is 433 g/mol. The van der Waals surface area contributed by atoms with Crippen LogP contribution in [0.3, 0.4) is 0 Å². The third-order valence-electron chi connectivity index (χ3n) is 5.88. The van der Waals surface area contributed by atoms with Crippen molar-refractivity contribution in [3.63, 3.8) is 0 Å². The van der Waals surface area contributed by atoms with Crippen molar-refractivity contribution in [1.29, 1.82) is 0 Å². The molecule has 0 bridgehead atoms. The van der Waals surface area contributed by atoms with E-state index < -0.39 is 0 Å². The number of rotatable bonds is 5. The lowest BCUT2D eigenvalue weighted by molar-refractivity contribution is -0.113. The highest BCUT2D eigenvalue weighted by Gasteiger charge is 2.32. The van der Waals surface area contributed by atoms with Crippen molar-refractivity contribution in [2.75, 3.05) is 4.90 Å². The molecule has 5 rings (SSSR count). The summed E-state index contributed by atoms with van der Waals surface area (Å²) in [5.74, 6) is -0.433. The number of para-hydroxylation sites is 2. The van der Waals surface area contributed by atoms with Crippen molar-refractivity contribution in [1.82, 2.24) is 9.88 Å². The van der Waals surface area contributed by atoms with Crippen LogP contribution >= 0.6 is 12.2 Å². The van der Waals surface area contributed by atoms with Gasteiger partial charge in [-0.1, -0.05) is 61.5 Å². The zero-order valence-corrected chi connectivity index (χ0v) is 18.9. The van der Waals surface area contributed by atoms with Gasteiger partial charge in [-0.15, -0.1) is 0 Å². The predicted octanol–water partition coefficient (Wildman–Crippen LogP) is 5.65. The molecule has 0 atom stereocenters. The van der Waals surface area contributed by atoms with Crippen LogP contribution < -0.4 is 10.2 Å². The molecule has 4 aromatic rings. The van der Waals surface area contributed by atoms with E-state index in [9.17, 15) is 9.18 Å². The van der Waals surface area contributed by atoms with E-state index in [-0.39, 0.29) is 11.7 Å².